The molecule has 68 valence electrons. The molecule has 0 unspecified atom stereocenters. The van der Waals surface area contributed by atoms with E-state index in [0.717, 1.165) is 12.0 Å². The van der Waals surface area contributed by atoms with E-state index in [4.69, 9.17) is 0 Å². The van der Waals surface area contributed by atoms with E-state index in [0.29, 0.717) is 0 Å². The minimum absolute atomic E-state index is 0.847. The third-order valence-electron chi connectivity index (χ3n) is 3.25. The summed E-state index contributed by atoms with van der Waals surface area (Å²) in [6.45, 7) is 1.28. The van der Waals surface area contributed by atoms with Crippen molar-refractivity contribution >= 4 is 21.6 Å². The average molecular weight is 238 g/mol. The molecule has 2 heteroatoms. The summed E-state index contributed by atoms with van der Waals surface area (Å²) in [4.78, 5) is 2.55. The van der Waals surface area contributed by atoms with Crippen molar-refractivity contribution in [1.29, 1.82) is 0 Å². The Morgan fingerprint density at radius 3 is 2.77 bits per heavy atom. The quantitative estimate of drug-likeness (QED) is 0.726. The Hall–Kier alpha value is -0.500. The van der Waals surface area contributed by atoms with E-state index in [9.17, 15) is 0 Å². The van der Waals surface area contributed by atoms with E-state index in [1.807, 2.05) is 0 Å². The fraction of sp³-hybridized carbons (Fsp3) is 0.455. The van der Waals surface area contributed by atoms with Crippen LogP contribution in [0.2, 0.25) is 0 Å². The summed E-state index contributed by atoms with van der Waals surface area (Å²) in [5.41, 5.74) is 1.39. The molecule has 0 spiro atoms. The minimum Gasteiger partial charge on any atom is -0.368 e. The van der Waals surface area contributed by atoms with Gasteiger partial charge in [-0.05, 0) is 37.0 Å². The molecule has 1 saturated carbocycles. The van der Waals surface area contributed by atoms with Crippen molar-refractivity contribution in [3.63, 3.8) is 0 Å². The first-order valence-electron chi connectivity index (χ1n) is 4.85. The first kappa shape index (κ1) is 7.86. The zero-order chi connectivity index (χ0) is 8.84. The summed E-state index contributed by atoms with van der Waals surface area (Å²) < 4.78 is 1.19. The highest BCUT2D eigenvalue weighted by Crippen LogP contribution is 2.43. The van der Waals surface area contributed by atoms with Gasteiger partial charge in [0.05, 0.1) is 0 Å². The lowest BCUT2D eigenvalue weighted by Gasteiger charge is -2.27. The van der Waals surface area contributed by atoms with Gasteiger partial charge in [-0.15, -0.1) is 0 Å². The van der Waals surface area contributed by atoms with Crippen LogP contribution in [-0.2, 0) is 0 Å². The summed E-state index contributed by atoms with van der Waals surface area (Å²) >= 11 is 3.52. The van der Waals surface area contributed by atoms with Crippen LogP contribution in [0.15, 0.2) is 28.7 Å². The largest absolute Gasteiger partial charge is 0.368 e. The molecular formula is C11H12BrN. The first-order chi connectivity index (χ1) is 6.33. The molecule has 3 fully saturated rings. The molecule has 1 nitrogen and oxygen atoms in total. The van der Waals surface area contributed by atoms with Gasteiger partial charge in [0.25, 0.3) is 0 Å². The fourth-order valence-electron chi connectivity index (χ4n) is 2.50. The number of halogens is 1. The maximum absolute atomic E-state index is 3.52. The van der Waals surface area contributed by atoms with Crippen LogP contribution >= 0.6 is 15.9 Å². The van der Waals surface area contributed by atoms with Crippen LogP contribution in [0.1, 0.15) is 12.8 Å². The maximum atomic E-state index is 3.52. The van der Waals surface area contributed by atoms with Gasteiger partial charge in [0.15, 0.2) is 0 Å². The summed E-state index contributed by atoms with van der Waals surface area (Å²) in [6.07, 6.45) is 2.85. The van der Waals surface area contributed by atoms with Gasteiger partial charge in [0, 0.05) is 22.7 Å². The number of hydrogen-bond donors (Lipinski definition) is 0. The standard InChI is InChI=1S/C11H12BrN/c12-9-2-1-3-10(6-9)13-7-8-4-11(13)5-8/h1-3,6,8,11H,4-5,7H2. The van der Waals surface area contributed by atoms with Gasteiger partial charge in [-0.2, -0.15) is 0 Å². The Balaban J connectivity index is 1.92. The van der Waals surface area contributed by atoms with Crippen molar-refractivity contribution in [2.45, 2.75) is 18.9 Å². The lowest BCUT2D eigenvalue weighted by Crippen LogP contribution is -2.28. The number of benzene rings is 1. The van der Waals surface area contributed by atoms with Crippen LogP contribution in [0.4, 0.5) is 5.69 Å². The number of fused-ring (bicyclic) bond motifs is 1. The van der Waals surface area contributed by atoms with Crippen molar-refractivity contribution in [3.8, 4) is 0 Å². The summed E-state index contributed by atoms with van der Waals surface area (Å²) in [5.74, 6) is 0.990. The second kappa shape index (κ2) is 2.74. The first-order valence-corrected chi connectivity index (χ1v) is 5.64. The predicted molar refractivity (Wildman–Crippen MR) is 58.0 cm³/mol. The lowest BCUT2D eigenvalue weighted by molar-refractivity contribution is 0.381. The Labute approximate surface area is 86.9 Å². The van der Waals surface area contributed by atoms with Crippen molar-refractivity contribution in [3.05, 3.63) is 28.7 Å². The molecule has 0 radical (unpaired) electrons. The van der Waals surface area contributed by atoms with Gasteiger partial charge >= 0.3 is 0 Å². The molecule has 13 heavy (non-hydrogen) atoms. The minimum atomic E-state index is 0.847. The molecular weight excluding hydrogens is 226 g/mol. The Bertz CT molecular complexity index is 331. The molecule has 2 bridgehead atoms. The van der Waals surface area contributed by atoms with Crippen molar-refractivity contribution in [1.82, 2.24) is 0 Å². The molecule has 1 aromatic rings. The molecule has 0 atom stereocenters. The molecule has 1 aliphatic carbocycles. The monoisotopic (exact) mass is 237 g/mol. The van der Waals surface area contributed by atoms with Crippen LogP contribution in [0, 0.1) is 5.92 Å². The van der Waals surface area contributed by atoms with Crippen LogP contribution in [0.3, 0.4) is 0 Å². The van der Waals surface area contributed by atoms with Crippen LogP contribution in [-0.4, -0.2) is 12.6 Å². The molecule has 2 aliphatic heterocycles. The van der Waals surface area contributed by atoms with Crippen LogP contribution in [0.5, 0.6) is 0 Å². The van der Waals surface area contributed by atoms with Crippen molar-refractivity contribution in [2.24, 2.45) is 5.92 Å². The Morgan fingerprint density at radius 2 is 2.15 bits per heavy atom. The molecule has 1 aromatic carbocycles. The molecule has 2 heterocycles. The van der Waals surface area contributed by atoms with Gasteiger partial charge in [-0.1, -0.05) is 22.0 Å². The average Bonchev–Trinajstić information content (AvgIpc) is 2.59. The third kappa shape index (κ3) is 1.19. The highest BCUT2D eigenvalue weighted by molar-refractivity contribution is 9.10. The third-order valence-corrected chi connectivity index (χ3v) is 3.74. The zero-order valence-electron chi connectivity index (χ0n) is 7.41. The Morgan fingerprint density at radius 1 is 1.31 bits per heavy atom. The molecule has 4 rings (SSSR count). The van der Waals surface area contributed by atoms with Gasteiger partial charge in [0.1, 0.15) is 0 Å². The van der Waals surface area contributed by atoms with E-state index in [1.54, 1.807) is 0 Å². The van der Waals surface area contributed by atoms with Gasteiger partial charge in [-0.3, -0.25) is 0 Å². The normalized spacial score (nSPS) is 30.4. The molecule has 0 aromatic heterocycles. The summed E-state index contributed by atoms with van der Waals surface area (Å²) in [6, 6.07) is 9.49. The topological polar surface area (TPSA) is 3.24 Å². The number of rotatable bonds is 1. The van der Waals surface area contributed by atoms with Crippen LogP contribution < -0.4 is 4.90 Å². The number of hydrogen-bond acceptors (Lipinski definition) is 1. The van der Waals surface area contributed by atoms with Gasteiger partial charge < -0.3 is 4.90 Å². The Kier molecular flexibility index (Phi) is 1.66. The predicted octanol–water partition coefficient (Wildman–Crippen LogP) is 3.05. The fourth-order valence-corrected chi connectivity index (χ4v) is 2.89. The molecule has 0 N–H and O–H groups in total. The van der Waals surface area contributed by atoms with Gasteiger partial charge in [-0.25, -0.2) is 0 Å². The molecule has 3 aliphatic rings. The summed E-state index contributed by atoms with van der Waals surface area (Å²) in [7, 11) is 0. The van der Waals surface area contributed by atoms with E-state index in [-0.39, 0.29) is 0 Å². The number of nitrogens with zero attached hydrogens (tertiary/aromatic N) is 1. The highest BCUT2D eigenvalue weighted by atomic mass is 79.9. The molecule has 0 amide bonds. The van der Waals surface area contributed by atoms with E-state index >= 15 is 0 Å². The second-order valence-electron chi connectivity index (χ2n) is 4.12. The lowest BCUT2D eigenvalue weighted by atomic mass is 9.86. The SMILES string of the molecule is Brc1cccc(N2CC3CC2C3)c1. The maximum Gasteiger partial charge on any atom is 0.0380 e. The smallest absolute Gasteiger partial charge is 0.0380 e. The second-order valence-corrected chi connectivity index (χ2v) is 5.04. The van der Waals surface area contributed by atoms with E-state index < -0.39 is 0 Å². The van der Waals surface area contributed by atoms with Crippen molar-refractivity contribution in [2.75, 3.05) is 11.4 Å². The number of anilines is 1. The van der Waals surface area contributed by atoms with Gasteiger partial charge in [0.2, 0.25) is 0 Å². The highest BCUT2D eigenvalue weighted by Gasteiger charge is 2.42. The van der Waals surface area contributed by atoms with E-state index in [1.165, 1.54) is 29.5 Å². The zero-order valence-corrected chi connectivity index (χ0v) is 9.00. The summed E-state index contributed by atoms with van der Waals surface area (Å²) in [5, 5.41) is 0. The van der Waals surface area contributed by atoms with E-state index in [2.05, 4.69) is 45.1 Å². The van der Waals surface area contributed by atoms with Crippen LogP contribution in [0.25, 0.3) is 0 Å². The van der Waals surface area contributed by atoms with Crippen molar-refractivity contribution < 1.29 is 0 Å². The molecule has 2 saturated heterocycles.